The maximum absolute atomic E-state index is 6.30. The predicted molar refractivity (Wildman–Crippen MR) is 201 cm³/mol. The molecule has 0 N–H and O–H groups in total. The van der Waals surface area contributed by atoms with E-state index >= 15 is 0 Å². The number of rotatable bonds is 4. The van der Waals surface area contributed by atoms with Crippen LogP contribution in [0.4, 0.5) is 0 Å². The fourth-order valence-electron chi connectivity index (χ4n) is 7.13. The fraction of sp³-hybridized carbons (Fsp3) is 0. The summed E-state index contributed by atoms with van der Waals surface area (Å²) in [5.41, 5.74) is 6.78. The number of benzene rings is 8. The van der Waals surface area contributed by atoms with Crippen molar-refractivity contribution in [2.75, 3.05) is 0 Å². The number of hydrogen-bond donors (Lipinski definition) is 0. The number of para-hydroxylation sites is 1. The van der Waals surface area contributed by atoms with Gasteiger partial charge in [0.15, 0.2) is 17.5 Å². The number of nitrogens with zero attached hydrogens (tertiary/aromatic N) is 3. The standard InChI is InChI=1S/C45H27N3O/c1-2-11-31(12-3-1)43-46-44(34-23-18-28-10-4-5-13-32(28)26-34)48-45(47-43)36-15-7-6-14-35(36)33-22-20-29-19-21-30-24-25-40-42(41(30)38(29)27-33)37-16-8-9-17-39(37)49-40/h1-27H. The van der Waals surface area contributed by atoms with Gasteiger partial charge in [-0.3, -0.25) is 0 Å². The second-order valence-electron chi connectivity index (χ2n) is 12.4. The summed E-state index contributed by atoms with van der Waals surface area (Å²) < 4.78 is 6.30. The molecule has 4 nitrogen and oxygen atoms in total. The Morgan fingerprint density at radius 1 is 0.327 bits per heavy atom. The van der Waals surface area contributed by atoms with Gasteiger partial charge >= 0.3 is 0 Å². The van der Waals surface area contributed by atoms with Gasteiger partial charge in [-0.05, 0) is 62.3 Å². The maximum atomic E-state index is 6.30. The molecule has 49 heavy (non-hydrogen) atoms. The van der Waals surface area contributed by atoms with Crippen LogP contribution in [0.1, 0.15) is 0 Å². The van der Waals surface area contributed by atoms with Crippen molar-refractivity contribution in [3.8, 4) is 45.3 Å². The van der Waals surface area contributed by atoms with Crippen molar-refractivity contribution < 1.29 is 4.42 Å². The fourth-order valence-corrected chi connectivity index (χ4v) is 7.13. The minimum Gasteiger partial charge on any atom is -0.456 e. The average molecular weight is 626 g/mol. The molecule has 2 heterocycles. The Labute approximate surface area is 282 Å². The topological polar surface area (TPSA) is 51.8 Å². The van der Waals surface area contributed by atoms with Crippen LogP contribution >= 0.6 is 0 Å². The lowest BCUT2D eigenvalue weighted by Crippen LogP contribution is -2.01. The molecule has 10 rings (SSSR count). The SMILES string of the molecule is c1ccc(-c2nc(-c3ccc4ccccc4c3)nc(-c3ccccc3-c3ccc4ccc5ccc6oc7ccccc7c6c5c4c3)n2)cc1. The van der Waals surface area contributed by atoms with E-state index < -0.39 is 0 Å². The van der Waals surface area contributed by atoms with Crippen molar-refractivity contribution in [3.05, 3.63) is 164 Å². The van der Waals surface area contributed by atoms with Crippen molar-refractivity contribution in [1.82, 2.24) is 15.0 Å². The molecule has 10 aromatic rings. The zero-order chi connectivity index (χ0) is 32.3. The molecule has 2 aromatic heterocycles. The Hall–Kier alpha value is -6.65. The van der Waals surface area contributed by atoms with Gasteiger partial charge in [0.2, 0.25) is 0 Å². The summed E-state index contributed by atoms with van der Waals surface area (Å²) in [6.07, 6.45) is 0. The lowest BCUT2D eigenvalue weighted by molar-refractivity contribution is 0.669. The molecule has 0 unspecified atom stereocenters. The van der Waals surface area contributed by atoms with Crippen LogP contribution in [0.25, 0.3) is 99.5 Å². The van der Waals surface area contributed by atoms with Crippen LogP contribution < -0.4 is 0 Å². The molecular formula is C45H27N3O. The van der Waals surface area contributed by atoms with E-state index in [1.807, 2.05) is 42.5 Å². The quantitative estimate of drug-likeness (QED) is 0.183. The highest BCUT2D eigenvalue weighted by Gasteiger charge is 2.18. The summed E-state index contributed by atoms with van der Waals surface area (Å²) in [6, 6.07) is 56.9. The number of hydrogen-bond acceptors (Lipinski definition) is 4. The first-order valence-corrected chi connectivity index (χ1v) is 16.4. The van der Waals surface area contributed by atoms with Gasteiger partial charge in [-0.25, -0.2) is 15.0 Å². The highest BCUT2D eigenvalue weighted by molar-refractivity contribution is 6.27. The monoisotopic (exact) mass is 625 g/mol. The van der Waals surface area contributed by atoms with Crippen molar-refractivity contribution in [3.63, 3.8) is 0 Å². The van der Waals surface area contributed by atoms with E-state index in [0.29, 0.717) is 17.5 Å². The summed E-state index contributed by atoms with van der Waals surface area (Å²) >= 11 is 0. The Bertz CT molecular complexity index is 2890. The van der Waals surface area contributed by atoms with Crippen LogP contribution in [-0.2, 0) is 0 Å². The molecule has 0 aliphatic carbocycles. The van der Waals surface area contributed by atoms with Gasteiger partial charge in [0.25, 0.3) is 0 Å². The smallest absolute Gasteiger partial charge is 0.164 e. The first kappa shape index (κ1) is 27.5. The molecule has 0 aliphatic rings. The van der Waals surface area contributed by atoms with Crippen molar-refractivity contribution >= 4 is 54.3 Å². The lowest BCUT2D eigenvalue weighted by atomic mass is 9.93. The molecule has 0 aliphatic heterocycles. The van der Waals surface area contributed by atoms with Gasteiger partial charge in [-0.1, -0.05) is 140 Å². The molecule has 228 valence electrons. The van der Waals surface area contributed by atoms with E-state index in [9.17, 15) is 0 Å². The second-order valence-corrected chi connectivity index (χ2v) is 12.4. The van der Waals surface area contributed by atoms with Crippen LogP contribution in [-0.4, -0.2) is 15.0 Å². The summed E-state index contributed by atoms with van der Waals surface area (Å²) in [7, 11) is 0. The van der Waals surface area contributed by atoms with E-state index in [1.54, 1.807) is 0 Å². The zero-order valence-electron chi connectivity index (χ0n) is 26.3. The van der Waals surface area contributed by atoms with Crippen molar-refractivity contribution in [2.24, 2.45) is 0 Å². The van der Waals surface area contributed by atoms with Gasteiger partial charge in [0.05, 0.1) is 0 Å². The molecule has 0 amide bonds. The predicted octanol–water partition coefficient (Wildman–Crippen LogP) is 11.9. The number of aromatic nitrogens is 3. The first-order chi connectivity index (χ1) is 24.3. The van der Waals surface area contributed by atoms with Gasteiger partial charge < -0.3 is 4.42 Å². The van der Waals surface area contributed by atoms with E-state index in [2.05, 4.69) is 121 Å². The van der Waals surface area contributed by atoms with Gasteiger partial charge in [0, 0.05) is 32.8 Å². The molecule has 0 fully saturated rings. The summed E-state index contributed by atoms with van der Waals surface area (Å²) in [5.74, 6) is 1.92. The molecule has 0 bridgehead atoms. The van der Waals surface area contributed by atoms with Gasteiger partial charge in [-0.15, -0.1) is 0 Å². The third kappa shape index (κ3) is 4.57. The van der Waals surface area contributed by atoms with Crippen LogP contribution in [0.3, 0.4) is 0 Å². The largest absolute Gasteiger partial charge is 0.456 e. The minimum absolute atomic E-state index is 0.633. The minimum atomic E-state index is 0.633. The highest BCUT2D eigenvalue weighted by Crippen LogP contribution is 2.40. The van der Waals surface area contributed by atoms with Gasteiger partial charge in [0.1, 0.15) is 11.2 Å². The Morgan fingerprint density at radius 3 is 1.86 bits per heavy atom. The van der Waals surface area contributed by atoms with Crippen molar-refractivity contribution in [2.45, 2.75) is 0 Å². The lowest BCUT2D eigenvalue weighted by Gasteiger charge is -2.13. The third-order valence-corrected chi connectivity index (χ3v) is 9.49. The highest BCUT2D eigenvalue weighted by atomic mass is 16.3. The number of fused-ring (bicyclic) bond motifs is 8. The molecule has 4 heteroatoms. The Morgan fingerprint density at radius 2 is 0.959 bits per heavy atom. The molecular weight excluding hydrogens is 599 g/mol. The average Bonchev–Trinajstić information content (AvgIpc) is 3.56. The summed E-state index contributed by atoms with van der Waals surface area (Å²) in [6.45, 7) is 0. The first-order valence-electron chi connectivity index (χ1n) is 16.4. The van der Waals surface area contributed by atoms with Crippen molar-refractivity contribution in [1.29, 1.82) is 0 Å². The van der Waals surface area contributed by atoms with Crippen LogP contribution in [0, 0.1) is 0 Å². The number of furan rings is 1. The maximum Gasteiger partial charge on any atom is 0.164 e. The molecule has 0 saturated heterocycles. The normalized spacial score (nSPS) is 11.7. The van der Waals surface area contributed by atoms with Crippen LogP contribution in [0.5, 0.6) is 0 Å². The van der Waals surface area contributed by atoms with E-state index in [-0.39, 0.29) is 0 Å². The summed E-state index contributed by atoms with van der Waals surface area (Å²) in [5, 5.41) is 9.34. The van der Waals surface area contributed by atoms with Gasteiger partial charge in [-0.2, -0.15) is 0 Å². The van der Waals surface area contributed by atoms with Crippen LogP contribution in [0.15, 0.2) is 168 Å². The molecule has 0 saturated carbocycles. The zero-order valence-corrected chi connectivity index (χ0v) is 26.3. The van der Waals surface area contributed by atoms with E-state index in [0.717, 1.165) is 55.1 Å². The second kappa shape index (κ2) is 11.0. The molecule has 8 aromatic carbocycles. The van der Waals surface area contributed by atoms with Crippen LogP contribution in [0.2, 0.25) is 0 Å². The Kier molecular flexibility index (Phi) is 6.15. The summed E-state index contributed by atoms with van der Waals surface area (Å²) in [4.78, 5) is 15.2. The molecule has 0 radical (unpaired) electrons. The third-order valence-electron chi connectivity index (χ3n) is 9.49. The van der Waals surface area contributed by atoms with E-state index in [4.69, 9.17) is 19.4 Å². The van der Waals surface area contributed by atoms with E-state index in [1.165, 1.54) is 26.9 Å². The Balaban J connectivity index is 1.20. The molecule has 0 spiro atoms. The molecule has 0 atom stereocenters.